The van der Waals surface area contributed by atoms with Crippen LogP contribution in [-0.4, -0.2) is 55.9 Å². The molecule has 2 bridgehead atoms. The van der Waals surface area contributed by atoms with Crippen LogP contribution < -0.4 is 15.8 Å². The number of nitrogens with two attached hydrogens (primary N) is 1. The largest absolute Gasteiger partial charge is 0.508 e. The number of aliphatic imine (C=N–C) groups is 1. The first kappa shape index (κ1) is 25.3. The van der Waals surface area contributed by atoms with Crippen LogP contribution in [0, 0.1) is 5.92 Å². The first-order valence-corrected chi connectivity index (χ1v) is 15.3. The summed E-state index contributed by atoms with van der Waals surface area (Å²) < 4.78 is 6.70. The molecule has 9 rings (SSSR count). The summed E-state index contributed by atoms with van der Waals surface area (Å²) in [4.78, 5) is 10.7. The molecule has 220 valence electrons. The lowest BCUT2D eigenvalue weighted by molar-refractivity contribution is -0.173. The fraction of sp³-hybridized carbons (Fsp3) is 0.382. The fourth-order valence-electron chi connectivity index (χ4n) is 8.72. The van der Waals surface area contributed by atoms with Crippen molar-refractivity contribution in [3.63, 3.8) is 0 Å². The van der Waals surface area contributed by atoms with E-state index in [0.29, 0.717) is 18.7 Å². The summed E-state index contributed by atoms with van der Waals surface area (Å²) in [5.41, 5.74) is 11.5. The van der Waals surface area contributed by atoms with E-state index in [1.807, 2.05) is 24.3 Å². The van der Waals surface area contributed by atoms with Gasteiger partial charge in [-0.15, -0.1) is 0 Å². The number of aromatic nitrogens is 1. The molecule has 4 atom stereocenters. The number of phenols is 2. The van der Waals surface area contributed by atoms with Gasteiger partial charge in [-0.1, -0.05) is 18.2 Å². The molecule has 1 spiro atoms. The molecule has 43 heavy (non-hydrogen) atoms. The van der Waals surface area contributed by atoms with Crippen molar-refractivity contribution >= 4 is 22.5 Å². The molecule has 1 aromatic heterocycles. The number of hydrogen-bond acceptors (Lipinski definition) is 6. The Morgan fingerprint density at radius 2 is 2.02 bits per heavy atom. The lowest BCUT2D eigenvalue weighted by Crippen LogP contribution is -2.74. The third kappa shape index (κ3) is 3.49. The Morgan fingerprint density at radius 1 is 1.14 bits per heavy atom. The SMILES string of the molecule is NC(=NCc1cccc(O)c1)Nc1ccc2[nH]c3c(c2c1)C[C@@]1(O)C2Cc4ccc(O)c5c4[C@@]1(CCN2CC1CC1)[C@H]3O5. The topological polar surface area (TPSA) is 139 Å². The van der Waals surface area contributed by atoms with Crippen molar-refractivity contribution in [2.24, 2.45) is 16.6 Å². The van der Waals surface area contributed by atoms with Crippen LogP contribution in [0.1, 0.15) is 53.3 Å². The number of ether oxygens (including phenoxy) is 1. The molecule has 1 saturated carbocycles. The zero-order chi connectivity index (χ0) is 29.1. The normalized spacial score (nSPS) is 28.8. The van der Waals surface area contributed by atoms with Gasteiger partial charge in [-0.05, 0) is 91.2 Å². The van der Waals surface area contributed by atoms with Crippen molar-refractivity contribution in [2.45, 2.75) is 61.8 Å². The highest BCUT2D eigenvalue weighted by atomic mass is 16.5. The van der Waals surface area contributed by atoms with E-state index in [-0.39, 0.29) is 23.5 Å². The van der Waals surface area contributed by atoms with E-state index in [0.717, 1.165) is 70.8 Å². The molecule has 1 saturated heterocycles. The fourth-order valence-corrected chi connectivity index (χ4v) is 8.72. The number of nitrogens with one attached hydrogen (secondary N) is 2. The molecule has 2 aliphatic heterocycles. The van der Waals surface area contributed by atoms with E-state index >= 15 is 0 Å². The third-order valence-electron chi connectivity index (χ3n) is 10.8. The molecule has 0 radical (unpaired) electrons. The minimum Gasteiger partial charge on any atom is -0.508 e. The van der Waals surface area contributed by atoms with Gasteiger partial charge in [-0.3, -0.25) is 4.90 Å². The van der Waals surface area contributed by atoms with Crippen LogP contribution in [0.15, 0.2) is 59.6 Å². The highest BCUT2D eigenvalue weighted by molar-refractivity contribution is 5.96. The summed E-state index contributed by atoms with van der Waals surface area (Å²) in [6.45, 7) is 2.30. The molecule has 0 amide bonds. The summed E-state index contributed by atoms with van der Waals surface area (Å²) in [7, 11) is 0. The zero-order valence-corrected chi connectivity index (χ0v) is 23.8. The Bertz CT molecular complexity index is 1850. The molecule has 7 N–H and O–H groups in total. The van der Waals surface area contributed by atoms with Crippen molar-refractivity contribution in [2.75, 3.05) is 18.4 Å². The maximum absolute atomic E-state index is 13.1. The number of piperidine rings is 1. The molecule has 2 fully saturated rings. The van der Waals surface area contributed by atoms with Gasteiger partial charge in [-0.25, -0.2) is 4.99 Å². The van der Waals surface area contributed by atoms with Gasteiger partial charge >= 0.3 is 0 Å². The number of fused-ring (bicyclic) bond motifs is 4. The average Bonchev–Trinajstić information content (AvgIpc) is 3.63. The molecule has 9 nitrogen and oxygen atoms in total. The van der Waals surface area contributed by atoms with E-state index < -0.39 is 17.1 Å². The van der Waals surface area contributed by atoms with Crippen LogP contribution >= 0.6 is 0 Å². The predicted octanol–water partition coefficient (Wildman–Crippen LogP) is 4.21. The molecular formula is C34H35N5O4. The second kappa shape index (κ2) is 8.67. The number of benzene rings is 3. The number of anilines is 1. The van der Waals surface area contributed by atoms with Gasteiger partial charge in [0.2, 0.25) is 0 Å². The zero-order valence-electron chi connectivity index (χ0n) is 23.8. The summed E-state index contributed by atoms with van der Waals surface area (Å²) in [5, 5.41) is 38.0. The quantitative estimate of drug-likeness (QED) is 0.154. The average molecular weight is 578 g/mol. The van der Waals surface area contributed by atoms with E-state index in [9.17, 15) is 15.3 Å². The third-order valence-corrected chi connectivity index (χ3v) is 10.8. The number of guanidine groups is 1. The second-order valence-corrected chi connectivity index (χ2v) is 13.2. The van der Waals surface area contributed by atoms with E-state index in [4.69, 9.17) is 10.5 Å². The van der Waals surface area contributed by atoms with E-state index in [1.54, 1.807) is 24.3 Å². The van der Waals surface area contributed by atoms with Crippen LogP contribution in [0.4, 0.5) is 5.69 Å². The number of phenolic OH excluding ortho intramolecular Hbond substituents is 2. The number of rotatable bonds is 5. The van der Waals surface area contributed by atoms with Gasteiger partial charge in [-0.2, -0.15) is 0 Å². The van der Waals surface area contributed by atoms with Gasteiger partial charge < -0.3 is 36.1 Å². The molecule has 3 aliphatic carbocycles. The lowest BCUT2D eigenvalue weighted by Gasteiger charge is -2.62. The summed E-state index contributed by atoms with van der Waals surface area (Å²) in [6.07, 6.45) is 4.18. The van der Waals surface area contributed by atoms with Crippen molar-refractivity contribution < 1.29 is 20.1 Å². The molecule has 3 aromatic carbocycles. The Morgan fingerprint density at radius 3 is 2.86 bits per heavy atom. The van der Waals surface area contributed by atoms with Gasteiger partial charge in [0.15, 0.2) is 23.6 Å². The van der Waals surface area contributed by atoms with Crippen LogP contribution in [0.25, 0.3) is 10.9 Å². The Labute approximate surface area is 249 Å². The number of aromatic amines is 1. The van der Waals surface area contributed by atoms with Crippen molar-refractivity contribution in [1.82, 2.24) is 9.88 Å². The number of likely N-dealkylation sites (tertiary alicyclic amines) is 1. The second-order valence-electron chi connectivity index (χ2n) is 13.2. The maximum atomic E-state index is 13.1. The van der Waals surface area contributed by atoms with Crippen molar-refractivity contribution in [3.8, 4) is 17.2 Å². The number of aliphatic hydroxyl groups is 1. The van der Waals surface area contributed by atoms with Crippen LogP contribution in [0.3, 0.4) is 0 Å². The monoisotopic (exact) mass is 577 g/mol. The maximum Gasteiger partial charge on any atom is 0.193 e. The summed E-state index contributed by atoms with van der Waals surface area (Å²) >= 11 is 0. The Kier molecular flexibility index (Phi) is 5.10. The summed E-state index contributed by atoms with van der Waals surface area (Å²) in [6, 6.07) is 16.8. The Hall–Kier alpha value is -4.21. The molecule has 4 aromatic rings. The number of H-pyrrole nitrogens is 1. The standard InChI is InChI=1S/C34H35N5O4/c35-32(36-16-19-2-1-3-22(40)12-19)37-21-7-8-25-23(14-21)24-15-34(42)27-13-20-6-9-26(41)30-28(20)33(34,31(43-30)29(24)38-25)10-11-39(27)17-18-4-5-18/h1-3,6-9,12,14,18,27,31,38,40-42H,4-5,10-11,13,15-17H2,(H3,35,36,37)/t27?,31-,33-,34+/m0/s1. The number of aromatic hydroxyl groups is 2. The molecular weight excluding hydrogens is 542 g/mol. The van der Waals surface area contributed by atoms with E-state index in [1.165, 1.54) is 18.4 Å². The first-order chi connectivity index (χ1) is 20.8. The van der Waals surface area contributed by atoms with Gasteiger partial charge in [0.05, 0.1) is 23.3 Å². The van der Waals surface area contributed by atoms with E-state index in [2.05, 4.69) is 26.3 Å². The minimum atomic E-state index is -1.04. The smallest absolute Gasteiger partial charge is 0.193 e. The molecule has 9 heteroatoms. The van der Waals surface area contributed by atoms with Crippen LogP contribution in [0.5, 0.6) is 17.2 Å². The van der Waals surface area contributed by atoms with Crippen molar-refractivity contribution in [3.05, 3.63) is 82.5 Å². The van der Waals surface area contributed by atoms with Crippen LogP contribution in [0.2, 0.25) is 0 Å². The molecule has 3 heterocycles. The highest BCUT2D eigenvalue weighted by Gasteiger charge is 2.72. The Balaban J connectivity index is 1.12. The van der Waals surface area contributed by atoms with Gasteiger partial charge in [0.25, 0.3) is 0 Å². The number of nitrogens with zero attached hydrogens (tertiary/aromatic N) is 2. The molecule has 5 aliphatic rings. The lowest BCUT2D eigenvalue weighted by atomic mass is 9.49. The predicted molar refractivity (Wildman–Crippen MR) is 164 cm³/mol. The van der Waals surface area contributed by atoms with Crippen LogP contribution in [-0.2, 0) is 24.8 Å². The highest BCUT2D eigenvalue weighted by Crippen LogP contribution is 2.69. The summed E-state index contributed by atoms with van der Waals surface area (Å²) in [5.74, 6) is 1.89. The van der Waals surface area contributed by atoms with Gasteiger partial charge in [0.1, 0.15) is 5.75 Å². The molecule has 1 unspecified atom stereocenters. The first-order valence-electron chi connectivity index (χ1n) is 15.3. The minimum absolute atomic E-state index is 0.0180. The number of hydrogen-bond donors (Lipinski definition) is 6. The van der Waals surface area contributed by atoms with Crippen molar-refractivity contribution in [1.29, 1.82) is 0 Å². The van der Waals surface area contributed by atoms with Gasteiger partial charge in [0, 0.05) is 41.2 Å².